The molecule has 0 aromatic heterocycles. The van der Waals surface area contributed by atoms with Gasteiger partial charge in [-0.05, 0) is 12.8 Å². The molecule has 0 spiro atoms. The molecule has 0 aromatic rings. The first-order valence-electron chi connectivity index (χ1n) is 4.84. The molecule has 1 aliphatic rings. The van der Waals surface area contributed by atoms with Gasteiger partial charge in [0, 0.05) is 6.04 Å². The van der Waals surface area contributed by atoms with Crippen LogP contribution in [0.15, 0.2) is 12.2 Å². The first-order chi connectivity index (χ1) is 6.24. The molecule has 2 N–H and O–H groups in total. The minimum absolute atomic E-state index is 0.0312. The van der Waals surface area contributed by atoms with E-state index < -0.39 is 0 Å². The zero-order valence-electron chi connectivity index (χ0n) is 8.03. The summed E-state index contributed by atoms with van der Waals surface area (Å²) in [4.78, 5) is 11.3. The van der Waals surface area contributed by atoms with Crippen LogP contribution in [0.4, 0.5) is 0 Å². The Morgan fingerprint density at radius 2 is 2.38 bits per heavy atom. The largest absolute Gasteiger partial charge is 0.465 e. The topological polar surface area (TPSA) is 52.3 Å². The van der Waals surface area contributed by atoms with E-state index in [4.69, 9.17) is 10.5 Å². The molecule has 0 bridgehead atoms. The molecule has 0 saturated carbocycles. The van der Waals surface area contributed by atoms with Crippen molar-refractivity contribution < 1.29 is 9.53 Å². The van der Waals surface area contributed by atoms with E-state index in [1.54, 1.807) is 0 Å². The summed E-state index contributed by atoms with van der Waals surface area (Å²) in [5, 5.41) is 0. The maximum atomic E-state index is 11.3. The molecular formula is C10H17NO2. The van der Waals surface area contributed by atoms with E-state index in [0.29, 0.717) is 13.0 Å². The van der Waals surface area contributed by atoms with E-state index in [1.807, 2.05) is 12.2 Å². The van der Waals surface area contributed by atoms with Crippen LogP contribution in [-0.2, 0) is 9.53 Å². The summed E-state index contributed by atoms with van der Waals surface area (Å²) in [5.74, 6) is -0.232. The van der Waals surface area contributed by atoms with Gasteiger partial charge in [-0.25, -0.2) is 0 Å². The van der Waals surface area contributed by atoms with Gasteiger partial charge < -0.3 is 10.5 Å². The molecule has 2 atom stereocenters. The summed E-state index contributed by atoms with van der Waals surface area (Å²) < 4.78 is 5.07. The van der Waals surface area contributed by atoms with Crippen molar-refractivity contribution in [2.24, 2.45) is 11.7 Å². The van der Waals surface area contributed by atoms with E-state index >= 15 is 0 Å². The van der Waals surface area contributed by atoms with Gasteiger partial charge in [0.15, 0.2) is 0 Å². The van der Waals surface area contributed by atoms with Crippen molar-refractivity contribution in [2.75, 3.05) is 6.61 Å². The number of hydrogen-bond acceptors (Lipinski definition) is 3. The van der Waals surface area contributed by atoms with Crippen molar-refractivity contribution in [3.8, 4) is 0 Å². The van der Waals surface area contributed by atoms with Crippen LogP contribution in [-0.4, -0.2) is 18.6 Å². The first kappa shape index (κ1) is 10.3. The summed E-state index contributed by atoms with van der Waals surface area (Å²) in [6, 6.07) is 0.0312. The Hall–Kier alpha value is -0.830. The lowest BCUT2D eigenvalue weighted by Gasteiger charge is -2.08. The van der Waals surface area contributed by atoms with Gasteiger partial charge in [-0.1, -0.05) is 25.5 Å². The Balaban J connectivity index is 2.21. The van der Waals surface area contributed by atoms with E-state index in [-0.39, 0.29) is 17.9 Å². The minimum atomic E-state index is -0.127. The second-order valence-corrected chi connectivity index (χ2v) is 3.41. The van der Waals surface area contributed by atoms with Crippen LogP contribution in [0, 0.1) is 5.92 Å². The molecule has 0 heterocycles. The second kappa shape index (κ2) is 5.02. The van der Waals surface area contributed by atoms with Gasteiger partial charge in [-0.2, -0.15) is 0 Å². The molecule has 2 unspecified atom stereocenters. The van der Waals surface area contributed by atoms with Gasteiger partial charge in [0.2, 0.25) is 0 Å². The third-order valence-electron chi connectivity index (χ3n) is 2.16. The Morgan fingerprint density at radius 1 is 1.62 bits per heavy atom. The normalized spacial score (nSPS) is 26.3. The van der Waals surface area contributed by atoms with Gasteiger partial charge in [-0.3, -0.25) is 4.79 Å². The van der Waals surface area contributed by atoms with E-state index in [9.17, 15) is 4.79 Å². The summed E-state index contributed by atoms with van der Waals surface area (Å²) in [5.41, 5.74) is 5.62. The van der Waals surface area contributed by atoms with Crippen LogP contribution in [0.1, 0.15) is 26.2 Å². The number of carbonyl (C=O) groups is 1. The number of unbranched alkanes of at least 4 members (excludes halogenated alkanes) is 1. The number of carbonyl (C=O) groups excluding carboxylic acids is 1. The summed E-state index contributed by atoms with van der Waals surface area (Å²) >= 11 is 0. The predicted molar refractivity (Wildman–Crippen MR) is 51.1 cm³/mol. The fourth-order valence-corrected chi connectivity index (χ4v) is 1.33. The van der Waals surface area contributed by atoms with Crippen LogP contribution in [0.5, 0.6) is 0 Å². The lowest BCUT2D eigenvalue weighted by atomic mass is 10.1. The zero-order chi connectivity index (χ0) is 9.68. The first-order valence-corrected chi connectivity index (χ1v) is 4.84. The molecule has 0 aromatic carbocycles. The lowest BCUT2D eigenvalue weighted by Crippen LogP contribution is -2.20. The SMILES string of the molecule is CCCCOC(=O)C1C=CC(N)C1. The van der Waals surface area contributed by atoms with Crippen molar-refractivity contribution >= 4 is 5.97 Å². The fraction of sp³-hybridized carbons (Fsp3) is 0.700. The molecule has 0 radical (unpaired) electrons. The highest BCUT2D eigenvalue weighted by atomic mass is 16.5. The third kappa shape index (κ3) is 3.19. The Morgan fingerprint density at radius 3 is 2.92 bits per heavy atom. The third-order valence-corrected chi connectivity index (χ3v) is 2.16. The smallest absolute Gasteiger partial charge is 0.312 e. The summed E-state index contributed by atoms with van der Waals surface area (Å²) in [6.45, 7) is 2.61. The Labute approximate surface area is 78.9 Å². The van der Waals surface area contributed by atoms with Gasteiger partial charge in [0.05, 0.1) is 12.5 Å². The number of nitrogens with two attached hydrogens (primary N) is 1. The zero-order valence-corrected chi connectivity index (χ0v) is 8.03. The van der Waals surface area contributed by atoms with Crippen LogP contribution in [0.25, 0.3) is 0 Å². The molecule has 3 nitrogen and oxygen atoms in total. The average molecular weight is 183 g/mol. The molecule has 3 heteroatoms. The van der Waals surface area contributed by atoms with E-state index in [0.717, 1.165) is 12.8 Å². The molecule has 0 saturated heterocycles. The van der Waals surface area contributed by atoms with Gasteiger partial charge in [0.25, 0.3) is 0 Å². The quantitative estimate of drug-likeness (QED) is 0.405. The van der Waals surface area contributed by atoms with Crippen molar-refractivity contribution in [1.29, 1.82) is 0 Å². The highest BCUT2D eigenvalue weighted by Gasteiger charge is 2.23. The maximum absolute atomic E-state index is 11.3. The monoisotopic (exact) mass is 183 g/mol. The van der Waals surface area contributed by atoms with Gasteiger partial charge in [-0.15, -0.1) is 0 Å². The van der Waals surface area contributed by atoms with E-state index in [1.165, 1.54) is 0 Å². The molecule has 13 heavy (non-hydrogen) atoms. The predicted octanol–water partition coefficient (Wildman–Crippen LogP) is 1.23. The summed E-state index contributed by atoms with van der Waals surface area (Å²) in [6.07, 6.45) is 6.40. The van der Waals surface area contributed by atoms with Crippen molar-refractivity contribution in [2.45, 2.75) is 32.2 Å². The number of hydrogen-bond donors (Lipinski definition) is 1. The Kier molecular flexibility index (Phi) is 3.96. The van der Waals surface area contributed by atoms with Crippen LogP contribution >= 0.6 is 0 Å². The molecular weight excluding hydrogens is 166 g/mol. The molecule has 0 fully saturated rings. The van der Waals surface area contributed by atoms with Crippen LogP contribution in [0.2, 0.25) is 0 Å². The average Bonchev–Trinajstić information content (AvgIpc) is 2.52. The summed E-state index contributed by atoms with van der Waals surface area (Å²) in [7, 11) is 0. The van der Waals surface area contributed by atoms with Crippen molar-refractivity contribution in [3.63, 3.8) is 0 Å². The highest BCUT2D eigenvalue weighted by Crippen LogP contribution is 2.17. The minimum Gasteiger partial charge on any atom is -0.465 e. The standard InChI is InChI=1S/C10H17NO2/c1-2-3-6-13-10(12)8-4-5-9(11)7-8/h4-5,8-9H,2-3,6-7,11H2,1H3. The van der Waals surface area contributed by atoms with E-state index in [2.05, 4.69) is 6.92 Å². The molecule has 1 aliphatic carbocycles. The second-order valence-electron chi connectivity index (χ2n) is 3.41. The van der Waals surface area contributed by atoms with Gasteiger partial charge in [0.1, 0.15) is 0 Å². The number of rotatable bonds is 4. The molecule has 0 amide bonds. The molecule has 1 rings (SSSR count). The Bertz CT molecular complexity index is 201. The number of ether oxygens (including phenoxy) is 1. The fourth-order valence-electron chi connectivity index (χ4n) is 1.33. The highest BCUT2D eigenvalue weighted by molar-refractivity contribution is 5.75. The van der Waals surface area contributed by atoms with Crippen molar-refractivity contribution in [3.05, 3.63) is 12.2 Å². The molecule has 0 aliphatic heterocycles. The number of esters is 1. The molecule has 74 valence electrons. The van der Waals surface area contributed by atoms with Crippen LogP contribution < -0.4 is 5.73 Å². The lowest BCUT2D eigenvalue weighted by molar-refractivity contribution is -0.146. The van der Waals surface area contributed by atoms with Crippen LogP contribution in [0.3, 0.4) is 0 Å². The van der Waals surface area contributed by atoms with Crippen molar-refractivity contribution in [1.82, 2.24) is 0 Å². The van der Waals surface area contributed by atoms with Gasteiger partial charge >= 0.3 is 5.97 Å². The maximum Gasteiger partial charge on any atom is 0.312 e.